The summed E-state index contributed by atoms with van der Waals surface area (Å²) in [5, 5.41) is 68.0. The molecule has 0 amide bonds. The van der Waals surface area contributed by atoms with Crippen LogP contribution >= 0.6 is 0 Å². The molecule has 11 nitrogen and oxygen atoms in total. The molecule has 0 spiro atoms. The Morgan fingerprint density at radius 2 is 1.16 bits per heavy atom. The maximum Gasteiger partial charge on any atom is 0.186 e. The second-order valence-electron chi connectivity index (χ2n) is 6.00. The van der Waals surface area contributed by atoms with E-state index in [2.05, 4.69) is 0 Å². The van der Waals surface area contributed by atoms with Gasteiger partial charge >= 0.3 is 0 Å². The third kappa shape index (κ3) is 4.46. The third-order valence-electron chi connectivity index (χ3n) is 4.27. The Morgan fingerprint density at radius 3 is 1.68 bits per heavy atom. The summed E-state index contributed by atoms with van der Waals surface area (Å²) >= 11 is 0. The van der Waals surface area contributed by atoms with E-state index in [9.17, 15) is 30.6 Å². The van der Waals surface area contributed by atoms with Crippen molar-refractivity contribution in [1.29, 1.82) is 0 Å². The largest absolute Gasteiger partial charge is 0.394 e. The normalized spacial score (nSPS) is 48.5. The van der Waals surface area contributed by atoms with Crippen LogP contribution in [0.5, 0.6) is 0 Å². The van der Waals surface area contributed by atoms with E-state index in [0.717, 1.165) is 0 Å². The molecule has 10 atom stereocenters. The minimum Gasteiger partial charge on any atom is -0.394 e. The van der Waals surface area contributed by atoms with Gasteiger partial charge in [-0.3, -0.25) is 0 Å². The van der Waals surface area contributed by atoms with Gasteiger partial charge in [-0.1, -0.05) is 0 Å². The quantitative estimate of drug-likeness (QED) is 0.240. The summed E-state index contributed by atoms with van der Waals surface area (Å²) in [4.78, 5) is 0. The first-order valence-electron chi connectivity index (χ1n) is 8.05. The lowest BCUT2D eigenvalue weighted by Crippen LogP contribution is -2.61. The summed E-state index contributed by atoms with van der Waals surface area (Å²) in [5.41, 5.74) is 0. The molecule has 2 fully saturated rings. The summed E-state index contributed by atoms with van der Waals surface area (Å²) in [5.74, 6) is 0. The van der Waals surface area contributed by atoms with Gasteiger partial charge in [-0.15, -0.1) is 0 Å². The number of rotatable bonds is 6. The fourth-order valence-electron chi connectivity index (χ4n) is 2.75. The van der Waals surface area contributed by atoms with Crippen molar-refractivity contribution in [2.45, 2.75) is 68.3 Å². The summed E-state index contributed by atoms with van der Waals surface area (Å²) in [7, 11) is 0. The Balaban J connectivity index is 1.96. The SMILES string of the molecule is CCO[C@@H]1O[C@H](CO[C@H]2O[C@H](CO)[C@H](O)[C@H](O)[C@H]2O)[C@@H](O)[C@H](O)[C@H]1O. The minimum absolute atomic E-state index is 0.199. The first-order chi connectivity index (χ1) is 11.8. The van der Waals surface area contributed by atoms with Gasteiger partial charge in [0.25, 0.3) is 0 Å². The van der Waals surface area contributed by atoms with Crippen molar-refractivity contribution >= 4 is 0 Å². The fourth-order valence-corrected chi connectivity index (χ4v) is 2.75. The minimum atomic E-state index is -1.60. The van der Waals surface area contributed by atoms with Crippen LogP contribution in [0.2, 0.25) is 0 Å². The van der Waals surface area contributed by atoms with Gasteiger partial charge in [0.05, 0.1) is 13.2 Å². The molecule has 0 aliphatic carbocycles. The number of ether oxygens (including phenoxy) is 4. The first kappa shape index (κ1) is 20.9. The number of aliphatic hydroxyl groups is 7. The van der Waals surface area contributed by atoms with Gasteiger partial charge in [0.15, 0.2) is 12.6 Å². The molecule has 0 unspecified atom stereocenters. The second kappa shape index (κ2) is 8.97. The van der Waals surface area contributed by atoms with Crippen LogP contribution in [0.1, 0.15) is 6.92 Å². The highest BCUT2D eigenvalue weighted by atomic mass is 16.7. The summed E-state index contributed by atoms with van der Waals surface area (Å²) in [6, 6.07) is 0. The van der Waals surface area contributed by atoms with Crippen LogP contribution in [0.4, 0.5) is 0 Å². The Kier molecular flexibility index (Phi) is 7.49. The molecule has 0 saturated carbocycles. The van der Waals surface area contributed by atoms with E-state index in [-0.39, 0.29) is 13.2 Å². The zero-order chi connectivity index (χ0) is 18.7. The van der Waals surface area contributed by atoms with Crippen molar-refractivity contribution in [2.75, 3.05) is 19.8 Å². The topological polar surface area (TPSA) is 179 Å². The van der Waals surface area contributed by atoms with E-state index >= 15 is 0 Å². The van der Waals surface area contributed by atoms with Gasteiger partial charge in [-0.2, -0.15) is 0 Å². The monoisotopic (exact) mass is 370 g/mol. The van der Waals surface area contributed by atoms with Crippen molar-refractivity contribution in [3.8, 4) is 0 Å². The van der Waals surface area contributed by atoms with Crippen molar-refractivity contribution in [3.05, 3.63) is 0 Å². The predicted octanol–water partition coefficient (Wildman–Crippen LogP) is -4.35. The van der Waals surface area contributed by atoms with E-state index in [1.54, 1.807) is 6.92 Å². The maximum absolute atomic E-state index is 9.98. The highest BCUT2D eigenvalue weighted by Crippen LogP contribution is 2.25. The van der Waals surface area contributed by atoms with Crippen LogP contribution in [-0.4, -0.2) is 117 Å². The van der Waals surface area contributed by atoms with Crippen LogP contribution in [0.3, 0.4) is 0 Å². The zero-order valence-corrected chi connectivity index (χ0v) is 13.7. The van der Waals surface area contributed by atoms with E-state index in [1.807, 2.05) is 0 Å². The smallest absolute Gasteiger partial charge is 0.186 e. The van der Waals surface area contributed by atoms with E-state index in [0.29, 0.717) is 0 Å². The molecule has 7 N–H and O–H groups in total. The van der Waals surface area contributed by atoms with Crippen molar-refractivity contribution < 1.29 is 54.7 Å². The summed E-state index contributed by atoms with van der Waals surface area (Å²) < 4.78 is 20.9. The lowest BCUT2D eigenvalue weighted by molar-refractivity contribution is -0.330. The van der Waals surface area contributed by atoms with Crippen LogP contribution < -0.4 is 0 Å². The molecule has 0 bridgehead atoms. The van der Waals surface area contributed by atoms with Crippen LogP contribution in [0, 0.1) is 0 Å². The first-order valence-corrected chi connectivity index (χ1v) is 8.05. The fraction of sp³-hybridized carbons (Fsp3) is 1.00. The average molecular weight is 370 g/mol. The van der Waals surface area contributed by atoms with Gasteiger partial charge in [-0.05, 0) is 6.92 Å². The molecule has 148 valence electrons. The second-order valence-corrected chi connectivity index (χ2v) is 6.00. The Morgan fingerprint density at radius 1 is 0.680 bits per heavy atom. The molecule has 0 aromatic carbocycles. The molecule has 2 aliphatic heterocycles. The summed E-state index contributed by atoms with van der Waals surface area (Å²) in [6.45, 7) is 0.875. The van der Waals surface area contributed by atoms with E-state index < -0.39 is 68.0 Å². The summed E-state index contributed by atoms with van der Waals surface area (Å²) in [6.07, 6.45) is -14.0. The van der Waals surface area contributed by atoms with Crippen molar-refractivity contribution in [3.63, 3.8) is 0 Å². The molecule has 0 radical (unpaired) electrons. The molecule has 2 heterocycles. The molecular weight excluding hydrogens is 344 g/mol. The van der Waals surface area contributed by atoms with Gasteiger partial charge in [0.2, 0.25) is 0 Å². The van der Waals surface area contributed by atoms with Crippen LogP contribution in [0.25, 0.3) is 0 Å². The van der Waals surface area contributed by atoms with Gasteiger partial charge < -0.3 is 54.7 Å². The number of hydrogen-bond acceptors (Lipinski definition) is 11. The van der Waals surface area contributed by atoms with E-state index in [4.69, 9.17) is 24.1 Å². The lowest BCUT2D eigenvalue weighted by atomic mass is 9.98. The molecule has 2 rings (SSSR count). The van der Waals surface area contributed by atoms with Crippen LogP contribution in [0.15, 0.2) is 0 Å². The Bertz CT molecular complexity index is 408. The molecule has 11 heteroatoms. The van der Waals surface area contributed by atoms with Crippen molar-refractivity contribution in [1.82, 2.24) is 0 Å². The van der Waals surface area contributed by atoms with Crippen molar-refractivity contribution in [2.24, 2.45) is 0 Å². The highest BCUT2D eigenvalue weighted by Gasteiger charge is 2.47. The molecule has 25 heavy (non-hydrogen) atoms. The van der Waals surface area contributed by atoms with Gasteiger partial charge in [0.1, 0.15) is 48.8 Å². The van der Waals surface area contributed by atoms with Gasteiger partial charge in [-0.25, -0.2) is 0 Å². The Hall–Kier alpha value is -0.440. The predicted molar refractivity (Wildman–Crippen MR) is 78.0 cm³/mol. The third-order valence-corrected chi connectivity index (χ3v) is 4.27. The molecule has 0 aromatic rings. The molecule has 2 saturated heterocycles. The maximum atomic E-state index is 9.98. The molecule has 2 aliphatic rings. The Labute approximate surface area is 143 Å². The molecular formula is C14H26O11. The lowest BCUT2D eigenvalue weighted by Gasteiger charge is -2.42. The number of aliphatic hydroxyl groups excluding tert-OH is 7. The number of hydrogen-bond donors (Lipinski definition) is 7. The highest BCUT2D eigenvalue weighted by molar-refractivity contribution is 4.91. The zero-order valence-electron chi connectivity index (χ0n) is 13.7. The van der Waals surface area contributed by atoms with Crippen LogP contribution in [-0.2, 0) is 18.9 Å². The molecule has 0 aromatic heterocycles. The average Bonchev–Trinajstić information content (AvgIpc) is 2.60. The van der Waals surface area contributed by atoms with Gasteiger partial charge in [0, 0.05) is 6.61 Å². The van der Waals surface area contributed by atoms with E-state index in [1.165, 1.54) is 0 Å². The standard InChI is InChI=1S/C14H26O11/c1-2-22-13-11(20)10(19)8(17)6(25-13)4-23-14-12(21)9(18)7(16)5(3-15)24-14/h5-21H,2-4H2,1H3/t5-,6-,7+,8-,9+,10+,11-,12-,13-,14+/m1/s1.